The van der Waals surface area contributed by atoms with Crippen molar-refractivity contribution in [3.05, 3.63) is 52.0 Å². The second kappa shape index (κ2) is 6.45. The van der Waals surface area contributed by atoms with Gasteiger partial charge in [0, 0.05) is 24.8 Å². The molecule has 2 aliphatic rings. The molecule has 2 aromatic rings. The highest BCUT2D eigenvalue weighted by Gasteiger charge is 2.55. The lowest BCUT2D eigenvalue weighted by atomic mass is 10.0. The van der Waals surface area contributed by atoms with Gasteiger partial charge in [0.15, 0.2) is 5.82 Å². The van der Waals surface area contributed by atoms with Crippen LogP contribution in [0.3, 0.4) is 0 Å². The van der Waals surface area contributed by atoms with Gasteiger partial charge in [-0.2, -0.15) is 13.2 Å². The largest absolute Gasteiger partial charge is 0.424 e. The van der Waals surface area contributed by atoms with E-state index in [9.17, 15) is 27.9 Å². The molecular formula is C19H21F3N4O3. The van der Waals surface area contributed by atoms with Crippen LogP contribution in [-0.4, -0.2) is 42.8 Å². The number of nitrogens with zero attached hydrogens (tertiary/aromatic N) is 4. The van der Waals surface area contributed by atoms with Crippen LogP contribution in [0.15, 0.2) is 29.3 Å². The van der Waals surface area contributed by atoms with Gasteiger partial charge < -0.3 is 19.1 Å². The summed E-state index contributed by atoms with van der Waals surface area (Å²) in [5.74, 6) is -0.787. The van der Waals surface area contributed by atoms with Crippen molar-refractivity contribution in [1.29, 1.82) is 0 Å². The molecule has 2 aromatic heterocycles. The number of fused-ring (bicyclic) bond motifs is 1. The third-order valence-corrected chi connectivity index (χ3v) is 5.55. The number of hydrogen-bond acceptors (Lipinski definition) is 4. The van der Waals surface area contributed by atoms with Gasteiger partial charge in [0.2, 0.25) is 5.60 Å². The summed E-state index contributed by atoms with van der Waals surface area (Å²) < 4.78 is 42.7. The highest BCUT2D eigenvalue weighted by atomic mass is 19.4. The van der Waals surface area contributed by atoms with E-state index in [4.69, 9.17) is 0 Å². The van der Waals surface area contributed by atoms with E-state index in [0.717, 1.165) is 12.8 Å². The molecule has 10 heteroatoms. The van der Waals surface area contributed by atoms with E-state index in [-0.39, 0.29) is 30.6 Å². The van der Waals surface area contributed by atoms with Crippen LogP contribution in [-0.2, 0) is 12.1 Å². The van der Waals surface area contributed by atoms with Gasteiger partial charge in [0.25, 0.3) is 11.5 Å². The Balaban J connectivity index is 1.63. The van der Waals surface area contributed by atoms with E-state index in [1.54, 1.807) is 17.7 Å². The van der Waals surface area contributed by atoms with E-state index in [0.29, 0.717) is 18.2 Å². The van der Waals surface area contributed by atoms with E-state index in [2.05, 4.69) is 4.98 Å². The zero-order valence-electron chi connectivity index (χ0n) is 16.0. The Morgan fingerprint density at radius 2 is 1.97 bits per heavy atom. The monoisotopic (exact) mass is 410 g/mol. The molecule has 1 saturated carbocycles. The van der Waals surface area contributed by atoms with Crippen molar-refractivity contribution in [3.63, 3.8) is 0 Å². The van der Waals surface area contributed by atoms with Crippen molar-refractivity contribution >= 4 is 5.91 Å². The highest BCUT2D eigenvalue weighted by Crippen LogP contribution is 2.40. The number of halogens is 3. The van der Waals surface area contributed by atoms with Gasteiger partial charge in [-0.05, 0) is 32.8 Å². The fourth-order valence-corrected chi connectivity index (χ4v) is 3.76. The van der Waals surface area contributed by atoms with Crippen LogP contribution in [0.4, 0.5) is 13.2 Å². The molecule has 29 heavy (non-hydrogen) atoms. The number of rotatable bonds is 3. The molecule has 1 N–H and O–H groups in total. The number of carbonyl (C=O) groups excluding carboxylic acids is 1. The van der Waals surface area contributed by atoms with Crippen molar-refractivity contribution in [2.75, 3.05) is 6.54 Å². The first-order chi connectivity index (χ1) is 13.5. The predicted octanol–water partition coefficient (Wildman–Crippen LogP) is 2.37. The minimum Gasteiger partial charge on any atom is -0.374 e. The maximum Gasteiger partial charge on any atom is 0.424 e. The van der Waals surface area contributed by atoms with Crippen LogP contribution in [0.25, 0.3) is 0 Å². The lowest BCUT2D eigenvalue weighted by Crippen LogP contribution is -2.45. The van der Waals surface area contributed by atoms with Crippen molar-refractivity contribution in [2.24, 2.45) is 0 Å². The lowest BCUT2D eigenvalue weighted by Gasteiger charge is -2.36. The fraction of sp³-hybridized carbons (Fsp3) is 0.526. The average Bonchev–Trinajstić information content (AvgIpc) is 3.38. The molecule has 7 nitrogen and oxygen atoms in total. The van der Waals surface area contributed by atoms with Crippen molar-refractivity contribution in [1.82, 2.24) is 19.0 Å². The topological polar surface area (TPSA) is 80.4 Å². The number of alkyl halides is 3. The molecule has 3 heterocycles. The zero-order valence-corrected chi connectivity index (χ0v) is 16.0. The number of pyridine rings is 1. The molecule has 0 spiro atoms. The van der Waals surface area contributed by atoms with Crippen LogP contribution in [0, 0.1) is 0 Å². The van der Waals surface area contributed by atoms with Crippen molar-refractivity contribution in [3.8, 4) is 0 Å². The number of aliphatic hydroxyl groups is 1. The molecular weight excluding hydrogens is 389 g/mol. The summed E-state index contributed by atoms with van der Waals surface area (Å²) in [4.78, 5) is 30.3. The molecule has 1 amide bonds. The number of carbonyl (C=O) groups is 1. The second-order valence-corrected chi connectivity index (χ2v) is 7.94. The SMILES string of the molecule is C[C@H]1CN(C(=O)c2ccc(=O)n(C3CC3)c2)Cc2cnc(C(C)(O)C(F)(F)F)n21. The molecule has 156 valence electrons. The normalized spacial score (nSPS) is 21.6. The summed E-state index contributed by atoms with van der Waals surface area (Å²) in [6.07, 6.45) is -0.257. The highest BCUT2D eigenvalue weighted by molar-refractivity contribution is 5.94. The third-order valence-electron chi connectivity index (χ3n) is 5.55. The van der Waals surface area contributed by atoms with E-state index >= 15 is 0 Å². The summed E-state index contributed by atoms with van der Waals surface area (Å²) in [5, 5.41) is 10.0. The number of hydrogen-bond donors (Lipinski definition) is 1. The standard InChI is InChI=1S/C19H21F3N4O3/c1-11-8-24(16(28)12-3-6-15(27)25(9-12)13-4-5-13)10-14-7-23-17(26(11)14)18(2,29)19(20,21)22/h3,6-7,9,11,13,29H,4-5,8,10H2,1-2H3/t11-,18?/m0/s1. The zero-order chi connectivity index (χ0) is 21.1. The van der Waals surface area contributed by atoms with Gasteiger partial charge in [0.1, 0.15) is 0 Å². The predicted molar refractivity (Wildman–Crippen MR) is 96.3 cm³/mol. The first-order valence-electron chi connectivity index (χ1n) is 9.38. The molecule has 1 fully saturated rings. The number of aromatic nitrogens is 3. The van der Waals surface area contributed by atoms with E-state index < -0.39 is 23.6 Å². The molecule has 4 rings (SSSR count). The van der Waals surface area contributed by atoms with E-state index in [1.165, 1.54) is 27.8 Å². The van der Waals surface area contributed by atoms with Crippen LogP contribution in [0.2, 0.25) is 0 Å². The Morgan fingerprint density at radius 1 is 1.28 bits per heavy atom. The minimum atomic E-state index is -4.88. The van der Waals surface area contributed by atoms with Gasteiger partial charge in [-0.1, -0.05) is 0 Å². The Kier molecular flexibility index (Phi) is 4.38. The van der Waals surface area contributed by atoms with Gasteiger partial charge in [0.05, 0.1) is 30.0 Å². The maximum atomic E-state index is 13.3. The quantitative estimate of drug-likeness (QED) is 0.843. The summed E-state index contributed by atoms with van der Waals surface area (Å²) in [6.45, 7) is 2.57. The molecule has 1 unspecified atom stereocenters. The van der Waals surface area contributed by atoms with Gasteiger partial charge in [-0.15, -0.1) is 0 Å². The van der Waals surface area contributed by atoms with Crippen molar-refractivity contribution in [2.45, 2.75) is 57.1 Å². The maximum absolute atomic E-state index is 13.3. The Morgan fingerprint density at radius 3 is 2.59 bits per heavy atom. The van der Waals surface area contributed by atoms with Crippen molar-refractivity contribution < 1.29 is 23.1 Å². The van der Waals surface area contributed by atoms with Gasteiger partial charge >= 0.3 is 6.18 Å². The molecule has 1 aliphatic carbocycles. The molecule has 0 aromatic carbocycles. The summed E-state index contributed by atoms with van der Waals surface area (Å²) in [6, 6.07) is 2.45. The van der Waals surface area contributed by atoms with Gasteiger partial charge in [-0.25, -0.2) is 4.98 Å². The minimum absolute atomic E-state index is 0.0622. The summed E-state index contributed by atoms with van der Waals surface area (Å²) in [7, 11) is 0. The van der Waals surface area contributed by atoms with Gasteiger partial charge in [-0.3, -0.25) is 9.59 Å². The van der Waals surface area contributed by atoms with Crippen LogP contribution in [0.1, 0.15) is 60.6 Å². The molecule has 0 radical (unpaired) electrons. The smallest absolute Gasteiger partial charge is 0.374 e. The Hall–Kier alpha value is -2.62. The average molecular weight is 410 g/mol. The second-order valence-electron chi connectivity index (χ2n) is 7.94. The summed E-state index contributed by atoms with van der Waals surface area (Å²) >= 11 is 0. The van der Waals surface area contributed by atoms with Crippen LogP contribution >= 0.6 is 0 Å². The first-order valence-corrected chi connectivity index (χ1v) is 9.38. The van der Waals surface area contributed by atoms with Crippen LogP contribution in [0.5, 0.6) is 0 Å². The fourth-order valence-electron chi connectivity index (χ4n) is 3.76. The Labute approximate surface area is 164 Å². The Bertz CT molecular complexity index is 1020. The summed E-state index contributed by atoms with van der Waals surface area (Å²) in [5.41, 5.74) is -2.48. The first kappa shape index (κ1) is 19.7. The lowest BCUT2D eigenvalue weighted by molar-refractivity contribution is -0.263. The van der Waals surface area contributed by atoms with E-state index in [1.807, 2.05) is 0 Å². The third kappa shape index (κ3) is 3.25. The number of amides is 1. The molecule has 0 bridgehead atoms. The van der Waals surface area contributed by atoms with Crippen LogP contribution < -0.4 is 5.56 Å². The molecule has 1 aliphatic heterocycles. The number of imidazole rings is 1. The molecule has 2 atom stereocenters. The molecule has 0 saturated heterocycles.